The lowest BCUT2D eigenvalue weighted by Crippen LogP contribution is -2.33. The topological polar surface area (TPSA) is 69.2 Å². The number of amides is 1. The van der Waals surface area contributed by atoms with E-state index in [1.165, 1.54) is 0 Å². The molecule has 3 rings (SSSR count). The molecule has 0 spiro atoms. The SMILES string of the molecule is CC(=NOCc1ccccc1)c1ccc(OCC(=O)NCC2C=COCC2)cc1. The maximum atomic E-state index is 11.9. The maximum Gasteiger partial charge on any atom is 0.257 e. The van der Waals surface area contributed by atoms with Crippen LogP contribution in [0.15, 0.2) is 72.1 Å². The van der Waals surface area contributed by atoms with Gasteiger partial charge in [-0.3, -0.25) is 4.79 Å². The molecule has 1 aliphatic rings. The number of carbonyl (C=O) groups is 1. The number of nitrogens with zero attached hydrogens (tertiary/aromatic N) is 1. The van der Waals surface area contributed by atoms with Crippen LogP contribution in [0, 0.1) is 5.92 Å². The Morgan fingerprint density at radius 3 is 2.69 bits per heavy atom. The highest BCUT2D eigenvalue weighted by Gasteiger charge is 2.11. The van der Waals surface area contributed by atoms with Crippen molar-refractivity contribution in [2.24, 2.45) is 11.1 Å². The van der Waals surface area contributed by atoms with Crippen molar-refractivity contribution >= 4 is 11.6 Å². The predicted molar refractivity (Wildman–Crippen MR) is 112 cm³/mol. The summed E-state index contributed by atoms with van der Waals surface area (Å²) in [6, 6.07) is 17.3. The summed E-state index contributed by atoms with van der Waals surface area (Å²) in [6.07, 6.45) is 4.57. The van der Waals surface area contributed by atoms with E-state index < -0.39 is 0 Å². The summed E-state index contributed by atoms with van der Waals surface area (Å²) < 4.78 is 10.7. The van der Waals surface area contributed by atoms with E-state index in [0.717, 1.165) is 23.3 Å². The van der Waals surface area contributed by atoms with Gasteiger partial charge in [0, 0.05) is 12.5 Å². The Labute approximate surface area is 171 Å². The summed E-state index contributed by atoms with van der Waals surface area (Å²) in [7, 11) is 0. The summed E-state index contributed by atoms with van der Waals surface area (Å²) >= 11 is 0. The minimum atomic E-state index is -0.138. The number of ether oxygens (including phenoxy) is 2. The van der Waals surface area contributed by atoms with Crippen molar-refractivity contribution in [2.45, 2.75) is 20.0 Å². The van der Waals surface area contributed by atoms with Crippen LogP contribution in [0.2, 0.25) is 0 Å². The second-order valence-corrected chi connectivity index (χ2v) is 6.80. The van der Waals surface area contributed by atoms with Crippen LogP contribution in [0.4, 0.5) is 0 Å². The van der Waals surface area contributed by atoms with E-state index in [4.69, 9.17) is 14.3 Å². The minimum absolute atomic E-state index is 0.0143. The lowest BCUT2D eigenvalue weighted by Gasteiger charge is -2.17. The van der Waals surface area contributed by atoms with Gasteiger partial charge in [0.2, 0.25) is 0 Å². The van der Waals surface area contributed by atoms with Gasteiger partial charge in [-0.25, -0.2) is 0 Å². The molecule has 0 fully saturated rings. The standard InChI is InChI=1S/C23H26N2O4/c1-18(25-29-16-20-5-3-2-4-6-20)21-7-9-22(10-8-21)28-17-23(26)24-15-19-11-13-27-14-12-19/h2-11,13,19H,12,14-17H2,1H3,(H,24,26). The highest BCUT2D eigenvalue weighted by molar-refractivity contribution is 5.98. The van der Waals surface area contributed by atoms with Crippen LogP contribution in [0.5, 0.6) is 5.75 Å². The third kappa shape index (κ3) is 6.99. The molecule has 1 heterocycles. The molecule has 1 atom stereocenters. The average Bonchev–Trinajstić information content (AvgIpc) is 2.78. The van der Waals surface area contributed by atoms with Gasteiger partial charge in [-0.2, -0.15) is 0 Å². The third-order valence-corrected chi connectivity index (χ3v) is 4.53. The number of carbonyl (C=O) groups excluding carboxylic acids is 1. The number of rotatable bonds is 9. The summed E-state index contributed by atoms with van der Waals surface area (Å²) in [5.41, 5.74) is 2.77. The zero-order valence-corrected chi connectivity index (χ0v) is 16.5. The van der Waals surface area contributed by atoms with Gasteiger partial charge >= 0.3 is 0 Å². The first kappa shape index (κ1) is 20.5. The van der Waals surface area contributed by atoms with Crippen molar-refractivity contribution in [1.82, 2.24) is 5.32 Å². The molecule has 6 nitrogen and oxygen atoms in total. The van der Waals surface area contributed by atoms with Gasteiger partial charge in [-0.15, -0.1) is 0 Å². The van der Waals surface area contributed by atoms with E-state index in [9.17, 15) is 4.79 Å². The first-order valence-corrected chi connectivity index (χ1v) is 9.69. The molecule has 0 radical (unpaired) electrons. The smallest absolute Gasteiger partial charge is 0.257 e. The van der Waals surface area contributed by atoms with Gasteiger partial charge in [0.25, 0.3) is 5.91 Å². The molecule has 1 N–H and O–H groups in total. The quantitative estimate of drug-likeness (QED) is 0.520. The molecular formula is C23H26N2O4. The maximum absolute atomic E-state index is 11.9. The van der Waals surface area contributed by atoms with Gasteiger partial charge in [-0.05, 0) is 54.8 Å². The van der Waals surface area contributed by atoms with E-state index in [1.54, 1.807) is 6.26 Å². The Morgan fingerprint density at radius 1 is 1.17 bits per heavy atom. The highest BCUT2D eigenvalue weighted by atomic mass is 16.6. The summed E-state index contributed by atoms with van der Waals surface area (Å²) in [5.74, 6) is 0.812. The summed E-state index contributed by atoms with van der Waals surface area (Å²) in [6.45, 7) is 3.59. The van der Waals surface area contributed by atoms with E-state index in [-0.39, 0.29) is 12.5 Å². The number of oxime groups is 1. The largest absolute Gasteiger partial charge is 0.501 e. The lowest BCUT2D eigenvalue weighted by molar-refractivity contribution is -0.123. The van der Waals surface area contributed by atoms with Crippen molar-refractivity contribution in [3.8, 4) is 5.75 Å². The monoisotopic (exact) mass is 394 g/mol. The Morgan fingerprint density at radius 2 is 1.97 bits per heavy atom. The summed E-state index contributed by atoms with van der Waals surface area (Å²) in [5, 5.41) is 7.04. The second kappa shape index (κ2) is 10.9. The molecule has 29 heavy (non-hydrogen) atoms. The van der Waals surface area contributed by atoms with Gasteiger partial charge in [-0.1, -0.05) is 35.5 Å². The van der Waals surface area contributed by atoms with E-state index in [2.05, 4.69) is 10.5 Å². The number of hydrogen-bond acceptors (Lipinski definition) is 5. The van der Waals surface area contributed by atoms with E-state index in [1.807, 2.05) is 67.6 Å². The van der Waals surface area contributed by atoms with Crippen LogP contribution in [-0.4, -0.2) is 31.4 Å². The first-order valence-electron chi connectivity index (χ1n) is 9.69. The molecule has 0 saturated heterocycles. The van der Waals surface area contributed by atoms with Crippen LogP contribution in [0.1, 0.15) is 24.5 Å². The molecule has 0 saturated carbocycles. The fourth-order valence-corrected chi connectivity index (χ4v) is 2.79. The van der Waals surface area contributed by atoms with Gasteiger partial charge in [0.05, 0.1) is 18.6 Å². The molecule has 0 aliphatic carbocycles. The number of hydrogen-bond donors (Lipinski definition) is 1. The number of nitrogens with one attached hydrogen (secondary N) is 1. The van der Waals surface area contributed by atoms with Crippen LogP contribution < -0.4 is 10.1 Å². The van der Waals surface area contributed by atoms with Gasteiger partial charge in [0.1, 0.15) is 12.4 Å². The molecule has 2 aromatic carbocycles. The molecular weight excluding hydrogens is 368 g/mol. The molecule has 0 aromatic heterocycles. The van der Waals surface area contributed by atoms with Crippen LogP contribution in [0.3, 0.4) is 0 Å². The molecule has 2 aromatic rings. The van der Waals surface area contributed by atoms with E-state index >= 15 is 0 Å². The number of benzene rings is 2. The normalized spacial score (nSPS) is 16.0. The zero-order chi connectivity index (χ0) is 20.3. The minimum Gasteiger partial charge on any atom is -0.501 e. The predicted octanol–water partition coefficient (Wildman–Crippen LogP) is 3.67. The van der Waals surface area contributed by atoms with Gasteiger partial charge in [0.15, 0.2) is 6.61 Å². The second-order valence-electron chi connectivity index (χ2n) is 6.80. The highest BCUT2D eigenvalue weighted by Crippen LogP contribution is 2.14. The molecule has 1 amide bonds. The Kier molecular flexibility index (Phi) is 7.69. The lowest BCUT2D eigenvalue weighted by atomic mass is 10.1. The molecule has 152 valence electrons. The van der Waals surface area contributed by atoms with Crippen molar-refractivity contribution < 1.29 is 19.1 Å². The van der Waals surface area contributed by atoms with Gasteiger partial charge < -0.3 is 19.6 Å². The van der Waals surface area contributed by atoms with Crippen LogP contribution >= 0.6 is 0 Å². The molecule has 0 bridgehead atoms. The van der Waals surface area contributed by atoms with E-state index in [0.29, 0.717) is 31.4 Å². The summed E-state index contributed by atoms with van der Waals surface area (Å²) in [4.78, 5) is 17.4. The van der Waals surface area contributed by atoms with Crippen LogP contribution in [0.25, 0.3) is 0 Å². The van der Waals surface area contributed by atoms with Crippen molar-refractivity contribution in [3.63, 3.8) is 0 Å². The molecule has 1 aliphatic heterocycles. The van der Waals surface area contributed by atoms with Crippen molar-refractivity contribution in [3.05, 3.63) is 78.1 Å². The fourth-order valence-electron chi connectivity index (χ4n) is 2.79. The Hall–Kier alpha value is -3.28. The zero-order valence-electron chi connectivity index (χ0n) is 16.5. The van der Waals surface area contributed by atoms with Crippen molar-refractivity contribution in [1.29, 1.82) is 0 Å². The molecule has 1 unspecified atom stereocenters. The molecule has 6 heteroatoms. The average molecular weight is 394 g/mol. The Bertz CT molecular complexity index is 832. The van der Waals surface area contributed by atoms with Crippen LogP contribution in [-0.2, 0) is 21.0 Å². The third-order valence-electron chi connectivity index (χ3n) is 4.53. The Balaban J connectivity index is 1.40. The first-order chi connectivity index (χ1) is 14.2. The fraction of sp³-hybridized carbons (Fsp3) is 0.304. The van der Waals surface area contributed by atoms with Crippen molar-refractivity contribution in [2.75, 3.05) is 19.8 Å².